The van der Waals surface area contributed by atoms with Crippen molar-refractivity contribution in [3.63, 3.8) is 0 Å². The monoisotopic (exact) mass is 271 g/mol. The molecule has 0 bridgehead atoms. The van der Waals surface area contributed by atoms with E-state index in [1.54, 1.807) is 19.2 Å². The molecule has 0 amide bonds. The zero-order valence-electron chi connectivity index (χ0n) is 11.3. The van der Waals surface area contributed by atoms with Crippen molar-refractivity contribution in [2.24, 2.45) is 0 Å². The largest absolute Gasteiger partial charge is 0.508 e. The molecule has 0 aliphatic carbocycles. The molecule has 0 fully saturated rings. The first kappa shape index (κ1) is 15.3. The second-order valence-electron chi connectivity index (χ2n) is 4.46. The van der Waals surface area contributed by atoms with Crippen LogP contribution in [0.15, 0.2) is 18.2 Å². The van der Waals surface area contributed by atoms with Crippen molar-refractivity contribution in [2.75, 3.05) is 20.3 Å². The van der Waals surface area contributed by atoms with Crippen LogP contribution in [0.1, 0.15) is 25.8 Å². The highest BCUT2D eigenvalue weighted by Gasteiger charge is 2.16. The summed E-state index contributed by atoms with van der Waals surface area (Å²) in [5.74, 6) is 0.258. The SMILES string of the molecule is CCC(C)N(CCOC)Cc1c(O)cccc1Cl. The van der Waals surface area contributed by atoms with E-state index in [1.165, 1.54) is 0 Å². The first-order valence-corrected chi connectivity index (χ1v) is 6.67. The average Bonchev–Trinajstić information content (AvgIpc) is 2.36. The van der Waals surface area contributed by atoms with Crippen LogP contribution >= 0.6 is 11.6 Å². The van der Waals surface area contributed by atoms with E-state index >= 15 is 0 Å². The zero-order chi connectivity index (χ0) is 13.5. The number of halogens is 1. The fourth-order valence-electron chi connectivity index (χ4n) is 1.83. The van der Waals surface area contributed by atoms with Gasteiger partial charge in [0.15, 0.2) is 0 Å². The van der Waals surface area contributed by atoms with E-state index in [0.717, 1.165) is 18.5 Å². The molecule has 0 aliphatic rings. The number of phenolic OH excluding ortho intramolecular Hbond substituents is 1. The number of hydrogen-bond acceptors (Lipinski definition) is 3. The highest BCUT2D eigenvalue weighted by molar-refractivity contribution is 6.31. The summed E-state index contributed by atoms with van der Waals surface area (Å²) < 4.78 is 5.13. The van der Waals surface area contributed by atoms with Crippen molar-refractivity contribution >= 4 is 11.6 Å². The summed E-state index contributed by atoms with van der Waals surface area (Å²) in [6, 6.07) is 5.66. The molecule has 0 heterocycles. The molecule has 0 aromatic heterocycles. The lowest BCUT2D eigenvalue weighted by molar-refractivity contribution is 0.117. The Kier molecular flexibility index (Phi) is 6.47. The van der Waals surface area contributed by atoms with Crippen LogP contribution in [0, 0.1) is 0 Å². The Hall–Kier alpha value is -0.770. The molecule has 1 atom stereocenters. The predicted molar refractivity (Wildman–Crippen MR) is 75.2 cm³/mol. The summed E-state index contributed by atoms with van der Waals surface area (Å²) in [6.07, 6.45) is 1.05. The second-order valence-corrected chi connectivity index (χ2v) is 4.87. The van der Waals surface area contributed by atoms with Gasteiger partial charge in [-0.05, 0) is 25.5 Å². The van der Waals surface area contributed by atoms with Crippen molar-refractivity contribution in [3.05, 3.63) is 28.8 Å². The van der Waals surface area contributed by atoms with Crippen LogP contribution in [0.5, 0.6) is 5.75 Å². The maximum Gasteiger partial charge on any atom is 0.121 e. The van der Waals surface area contributed by atoms with Gasteiger partial charge in [-0.3, -0.25) is 4.90 Å². The van der Waals surface area contributed by atoms with Crippen LogP contribution in [0.2, 0.25) is 5.02 Å². The number of nitrogens with zero attached hydrogens (tertiary/aromatic N) is 1. The Balaban J connectivity index is 2.81. The van der Waals surface area contributed by atoms with Crippen molar-refractivity contribution in [1.82, 2.24) is 4.90 Å². The number of aromatic hydroxyl groups is 1. The third kappa shape index (κ3) is 4.16. The Bertz CT molecular complexity index is 351. The van der Waals surface area contributed by atoms with Gasteiger partial charge in [0, 0.05) is 36.8 Å². The standard InChI is InChI=1S/C14H22ClNO2/c1-4-11(2)16(8-9-18-3)10-12-13(15)6-5-7-14(12)17/h5-7,11,17H,4,8-10H2,1-3H3. The summed E-state index contributed by atoms with van der Waals surface area (Å²) in [6.45, 7) is 6.47. The minimum absolute atomic E-state index is 0.258. The Morgan fingerprint density at radius 2 is 2.17 bits per heavy atom. The van der Waals surface area contributed by atoms with E-state index in [2.05, 4.69) is 18.7 Å². The summed E-state index contributed by atoms with van der Waals surface area (Å²) in [5, 5.41) is 10.5. The molecule has 0 aliphatic heterocycles. The lowest BCUT2D eigenvalue weighted by Crippen LogP contribution is -2.34. The molecule has 1 N–H and O–H groups in total. The van der Waals surface area contributed by atoms with Crippen molar-refractivity contribution in [3.8, 4) is 5.75 Å². The van der Waals surface area contributed by atoms with E-state index in [1.807, 2.05) is 6.07 Å². The molecule has 1 unspecified atom stereocenters. The molecule has 1 rings (SSSR count). The molecule has 1 aromatic carbocycles. The molecule has 0 saturated carbocycles. The number of phenols is 1. The molecule has 3 nitrogen and oxygen atoms in total. The van der Waals surface area contributed by atoms with Crippen LogP contribution in [0.3, 0.4) is 0 Å². The van der Waals surface area contributed by atoms with Gasteiger partial charge in [-0.15, -0.1) is 0 Å². The zero-order valence-corrected chi connectivity index (χ0v) is 12.1. The summed E-state index contributed by atoms with van der Waals surface area (Å²) >= 11 is 6.14. The first-order valence-electron chi connectivity index (χ1n) is 6.29. The van der Waals surface area contributed by atoms with Gasteiger partial charge in [-0.2, -0.15) is 0 Å². The molecule has 18 heavy (non-hydrogen) atoms. The third-order valence-corrected chi connectivity index (χ3v) is 3.61. The van der Waals surface area contributed by atoms with Crippen LogP contribution in [0.4, 0.5) is 0 Å². The Morgan fingerprint density at radius 1 is 1.44 bits per heavy atom. The van der Waals surface area contributed by atoms with Crippen LogP contribution in [-0.4, -0.2) is 36.3 Å². The Morgan fingerprint density at radius 3 is 2.72 bits per heavy atom. The van der Waals surface area contributed by atoms with E-state index in [9.17, 15) is 5.11 Å². The topological polar surface area (TPSA) is 32.7 Å². The van der Waals surface area contributed by atoms with Gasteiger partial charge in [0.2, 0.25) is 0 Å². The predicted octanol–water partition coefficient (Wildman–Crippen LogP) is 3.29. The fourth-order valence-corrected chi connectivity index (χ4v) is 2.06. The van der Waals surface area contributed by atoms with E-state index in [0.29, 0.717) is 24.2 Å². The molecule has 0 spiro atoms. The minimum atomic E-state index is 0.258. The molecule has 4 heteroatoms. The van der Waals surface area contributed by atoms with E-state index in [4.69, 9.17) is 16.3 Å². The fraction of sp³-hybridized carbons (Fsp3) is 0.571. The minimum Gasteiger partial charge on any atom is -0.508 e. The van der Waals surface area contributed by atoms with Gasteiger partial charge >= 0.3 is 0 Å². The third-order valence-electron chi connectivity index (χ3n) is 3.25. The molecular weight excluding hydrogens is 250 g/mol. The van der Waals surface area contributed by atoms with Gasteiger partial charge in [-0.25, -0.2) is 0 Å². The molecule has 0 saturated heterocycles. The molecule has 102 valence electrons. The average molecular weight is 272 g/mol. The number of rotatable bonds is 7. The quantitative estimate of drug-likeness (QED) is 0.826. The van der Waals surface area contributed by atoms with Crippen molar-refractivity contribution in [2.45, 2.75) is 32.9 Å². The maximum absolute atomic E-state index is 9.88. The van der Waals surface area contributed by atoms with Crippen LogP contribution in [0.25, 0.3) is 0 Å². The van der Waals surface area contributed by atoms with Gasteiger partial charge in [-0.1, -0.05) is 24.6 Å². The molecular formula is C14H22ClNO2. The number of benzene rings is 1. The number of hydrogen-bond donors (Lipinski definition) is 1. The van der Waals surface area contributed by atoms with Gasteiger partial charge < -0.3 is 9.84 Å². The summed E-state index contributed by atoms with van der Waals surface area (Å²) in [5.41, 5.74) is 0.788. The van der Waals surface area contributed by atoms with Crippen molar-refractivity contribution < 1.29 is 9.84 Å². The number of methoxy groups -OCH3 is 1. The van der Waals surface area contributed by atoms with Crippen LogP contribution in [-0.2, 0) is 11.3 Å². The van der Waals surface area contributed by atoms with Gasteiger partial charge in [0.05, 0.1) is 6.61 Å². The smallest absolute Gasteiger partial charge is 0.121 e. The van der Waals surface area contributed by atoms with Gasteiger partial charge in [0.1, 0.15) is 5.75 Å². The normalized spacial score (nSPS) is 12.9. The molecule has 0 radical (unpaired) electrons. The lowest BCUT2D eigenvalue weighted by atomic mass is 10.1. The van der Waals surface area contributed by atoms with Crippen LogP contribution < -0.4 is 0 Å². The lowest BCUT2D eigenvalue weighted by Gasteiger charge is -2.28. The molecule has 1 aromatic rings. The number of ether oxygens (including phenoxy) is 1. The van der Waals surface area contributed by atoms with Crippen molar-refractivity contribution in [1.29, 1.82) is 0 Å². The highest BCUT2D eigenvalue weighted by atomic mass is 35.5. The van der Waals surface area contributed by atoms with E-state index in [-0.39, 0.29) is 5.75 Å². The first-order chi connectivity index (χ1) is 8.60. The summed E-state index contributed by atoms with van der Waals surface area (Å²) in [7, 11) is 1.70. The van der Waals surface area contributed by atoms with Gasteiger partial charge in [0.25, 0.3) is 0 Å². The second kappa shape index (κ2) is 7.62. The highest BCUT2D eigenvalue weighted by Crippen LogP contribution is 2.27. The Labute approximate surface area is 114 Å². The maximum atomic E-state index is 9.88. The van der Waals surface area contributed by atoms with E-state index < -0.39 is 0 Å². The summed E-state index contributed by atoms with van der Waals surface area (Å²) in [4.78, 5) is 2.27.